The van der Waals surface area contributed by atoms with Crippen molar-refractivity contribution >= 4 is 44.7 Å². The Balaban J connectivity index is 1.33. The number of fused-ring (bicyclic) bond motifs is 1. The van der Waals surface area contributed by atoms with E-state index < -0.39 is 73.6 Å². The summed E-state index contributed by atoms with van der Waals surface area (Å²) in [5.41, 5.74) is 0.297. The molecule has 0 bridgehead atoms. The first kappa shape index (κ1) is 40.2. The first-order valence-corrected chi connectivity index (χ1v) is 20.0. The van der Waals surface area contributed by atoms with Gasteiger partial charge in [-0.05, 0) is 50.7 Å². The Bertz CT molecular complexity index is 2210. The molecule has 14 nitrogen and oxygen atoms in total. The SMILES string of the molecule is C=CC1CC1(NC(=O)C1CC(Oc2cc(-c3ccccc3)nc3cc(OC)ccc23)CN1C(=O)C(NC(=O)O)C(C)(C)C)C(=O)NS(=O)(=O)C1(C=C(C)C)CC1. The van der Waals surface area contributed by atoms with Crippen LogP contribution >= 0.6 is 0 Å². The number of rotatable bonds is 13. The van der Waals surface area contributed by atoms with Gasteiger partial charge in [0.05, 0.1) is 24.9 Å². The molecule has 56 heavy (non-hydrogen) atoms. The maximum absolute atomic E-state index is 14.4. The van der Waals surface area contributed by atoms with E-state index in [0.717, 1.165) is 11.1 Å². The van der Waals surface area contributed by atoms with E-state index in [0.29, 0.717) is 40.9 Å². The van der Waals surface area contributed by atoms with Crippen LogP contribution < -0.4 is 24.8 Å². The number of amides is 4. The van der Waals surface area contributed by atoms with Gasteiger partial charge >= 0.3 is 6.09 Å². The number of nitrogens with one attached hydrogen (secondary N) is 3. The van der Waals surface area contributed by atoms with Crippen molar-refractivity contribution in [3.8, 4) is 22.8 Å². The molecule has 5 atom stereocenters. The van der Waals surface area contributed by atoms with E-state index in [-0.39, 0.29) is 19.4 Å². The summed E-state index contributed by atoms with van der Waals surface area (Å²) in [4.78, 5) is 60.6. The Morgan fingerprint density at radius 1 is 1.07 bits per heavy atom. The lowest BCUT2D eigenvalue weighted by atomic mass is 9.85. The smallest absolute Gasteiger partial charge is 0.405 e. The fourth-order valence-corrected chi connectivity index (χ4v) is 9.10. The zero-order chi connectivity index (χ0) is 40.8. The number of hydrogen-bond acceptors (Lipinski definition) is 9. The molecule has 2 aliphatic carbocycles. The molecule has 298 valence electrons. The van der Waals surface area contributed by atoms with Crippen LogP contribution in [0.25, 0.3) is 22.2 Å². The van der Waals surface area contributed by atoms with Gasteiger partial charge in [-0.1, -0.05) is 68.8 Å². The number of carboxylic acid groups (broad SMARTS) is 1. The van der Waals surface area contributed by atoms with Crippen molar-refractivity contribution < 1.29 is 42.2 Å². The topological polar surface area (TPSA) is 193 Å². The standard InChI is InChI=1S/C41H49N5O9S/c1-8-26-22-41(26,37(49)45-56(52,53)40(16-17-40)21-24(2)3)44-35(47)32-19-28(23-46(32)36(48)34(39(4,5)6)43-38(50)51)55-33-20-30(25-12-10-9-11-13-25)42-31-18-27(54-7)14-15-29(31)33/h8-15,18,20-21,26,28,32,34,43H,1,16-17,19,22-23H2,2-7H3,(H,44,47)(H,45,49)(H,50,51). The number of allylic oxidation sites excluding steroid dienone is 1. The third-order valence-electron chi connectivity index (χ3n) is 10.7. The molecule has 6 rings (SSSR count). The van der Waals surface area contributed by atoms with Crippen LogP contribution in [0.5, 0.6) is 11.5 Å². The lowest BCUT2D eigenvalue weighted by Gasteiger charge is -2.35. The predicted molar refractivity (Wildman–Crippen MR) is 210 cm³/mol. The molecule has 4 N–H and O–H groups in total. The Labute approximate surface area is 326 Å². The summed E-state index contributed by atoms with van der Waals surface area (Å²) in [7, 11) is -2.59. The van der Waals surface area contributed by atoms with Crippen molar-refractivity contribution in [1.82, 2.24) is 25.2 Å². The molecule has 1 aromatic heterocycles. The molecule has 2 aromatic carbocycles. The van der Waals surface area contributed by atoms with Gasteiger partial charge in [-0.15, -0.1) is 6.58 Å². The molecule has 2 heterocycles. The summed E-state index contributed by atoms with van der Waals surface area (Å²) in [6.07, 6.45) is 1.73. The lowest BCUT2D eigenvalue weighted by molar-refractivity contribution is -0.142. The van der Waals surface area contributed by atoms with Crippen LogP contribution in [-0.2, 0) is 24.4 Å². The monoisotopic (exact) mass is 787 g/mol. The van der Waals surface area contributed by atoms with Gasteiger partial charge in [-0.2, -0.15) is 0 Å². The van der Waals surface area contributed by atoms with Gasteiger partial charge in [0.25, 0.3) is 5.91 Å². The van der Waals surface area contributed by atoms with E-state index in [9.17, 15) is 32.7 Å². The van der Waals surface area contributed by atoms with Crippen LogP contribution in [0, 0.1) is 11.3 Å². The van der Waals surface area contributed by atoms with Crippen molar-refractivity contribution in [2.45, 2.75) is 88.8 Å². The van der Waals surface area contributed by atoms with Gasteiger partial charge < -0.3 is 30.1 Å². The molecular weight excluding hydrogens is 739 g/mol. The van der Waals surface area contributed by atoms with Crippen molar-refractivity contribution in [3.63, 3.8) is 0 Å². The first-order chi connectivity index (χ1) is 26.3. The molecule has 15 heteroatoms. The van der Waals surface area contributed by atoms with Crippen LogP contribution in [0.4, 0.5) is 4.79 Å². The number of likely N-dealkylation sites (tertiary alicyclic amines) is 1. The maximum Gasteiger partial charge on any atom is 0.405 e. The van der Waals surface area contributed by atoms with Crippen LogP contribution in [0.1, 0.15) is 60.3 Å². The second kappa shape index (κ2) is 14.9. The highest BCUT2D eigenvalue weighted by Crippen LogP contribution is 2.48. The molecule has 0 spiro atoms. The Morgan fingerprint density at radius 2 is 1.77 bits per heavy atom. The average Bonchev–Trinajstić information content (AvgIpc) is 4.04. The van der Waals surface area contributed by atoms with E-state index in [1.165, 1.54) is 11.0 Å². The normalized spacial score (nSPS) is 23.0. The Hall–Kier alpha value is -5.44. The molecule has 3 fully saturated rings. The van der Waals surface area contributed by atoms with E-state index in [1.54, 1.807) is 66.0 Å². The summed E-state index contributed by atoms with van der Waals surface area (Å²) in [6.45, 7) is 12.4. The highest BCUT2D eigenvalue weighted by Gasteiger charge is 2.63. The minimum atomic E-state index is -4.15. The number of carbonyl (C=O) groups excluding carboxylic acids is 3. The van der Waals surface area contributed by atoms with Crippen LogP contribution in [0.2, 0.25) is 0 Å². The number of nitrogens with zero attached hydrogens (tertiary/aromatic N) is 2. The molecule has 1 saturated heterocycles. The summed E-state index contributed by atoms with van der Waals surface area (Å²) >= 11 is 0. The quantitative estimate of drug-likeness (QED) is 0.172. The highest BCUT2D eigenvalue weighted by molar-refractivity contribution is 7.92. The van der Waals surface area contributed by atoms with Crippen LogP contribution in [-0.4, -0.2) is 89.4 Å². The molecule has 3 aliphatic rings. The molecular formula is C41H49N5O9S. The third-order valence-corrected chi connectivity index (χ3v) is 12.7. The second-order valence-corrected chi connectivity index (χ2v) is 18.2. The number of aromatic nitrogens is 1. The molecule has 2 saturated carbocycles. The summed E-state index contributed by atoms with van der Waals surface area (Å²) in [5, 5.41) is 15.5. The van der Waals surface area contributed by atoms with E-state index in [2.05, 4.69) is 21.9 Å². The summed E-state index contributed by atoms with van der Waals surface area (Å²) in [5.74, 6) is -1.82. The van der Waals surface area contributed by atoms with E-state index in [1.807, 2.05) is 36.4 Å². The number of pyridine rings is 1. The fraction of sp³-hybridized carbons (Fsp3) is 0.439. The number of methoxy groups -OCH3 is 1. The van der Waals surface area contributed by atoms with E-state index in [4.69, 9.17) is 14.5 Å². The van der Waals surface area contributed by atoms with Crippen molar-refractivity contribution in [3.05, 3.63) is 78.9 Å². The lowest BCUT2D eigenvalue weighted by Crippen LogP contribution is -2.60. The van der Waals surface area contributed by atoms with Crippen molar-refractivity contribution in [1.29, 1.82) is 0 Å². The molecule has 1 aliphatic heterocycles. The minimum absolute atomic E-state index is 0.0272. The molecule has 5 unspecified atom stereocenters. The van der Waals surface area contributed by atoms with Crippen molar-refractivity contribution in [2.75, 3.05) is 13.7 Å². The fourth-order valence-electron chi connectivity index (χ4n) is 7.44. The first-order valence-electron chi connectivity index (χ1n) is 18.5. The van der Waals surface area contributed by atoms with Gasteiger partial charge in [0.1, 0.15) is 40.0 Å². The average molecular weight is 788 g/mol. The number of hydrogen-bond donors (Lipinski definition) is 4. The van der Waals surface area contributed by atoms with Crippen molar-refractivity contribution in [2.24, 2.45) is 11.3 Å². The predicted octanol–water partition coefficient (Wildman–Crippen LogP) is 4.95. The molecule has 4 amide bonds. The Morgan fingerprint density at radius 3 is 2.34 bits per heavy atom. The zero-order valence-corrected chi connectivity index (χ0v) is 33.2. The molecule has 3 aromatic rings. The molecule has 0 radical (unpaired) electrons. The Kier molecular flexibility index (Phi) is 10.7. The van der Waals surface area contributed by atoms with E-state index >= 15 is 0 Å². The van der Waals surface area contributed by atoms with Gasteiger partial charge in [0.2, 0.25) is 21.8 Å². The maximum atomic E-state index is 14.4. The highest BCUT2D eigenvalue weighted by atomic mass is 32.2. The summed E-state index contributed by atoms with van der Waals surface area (Å²) in [6, 6.07) is 14.2. The van der Waals surface area contributed by atoms with Crippen LogP contribution in [0.15, 0.2) is 78.9 Å². The number of sulfonamides is 1. The van der Waals surface area contributed by atoms with Gasteiger partial charge in [-0.3, -0.25) is 19.1 Å². The van der Waals surface area contributed by atoms with Crippen LogP contribution in [0.3, 0.4) is 0 Å². The van der Waals surface area contributed by atoms with Gasteiger partial charge in [0, 0.05) is 35.4 Å². The number of benzene rings is 2. The zero-order valence-electron chi connectivity index (χ0n) is 32.4. The summed E-state index contributed by atoms with van der Waals surface area (Å²) < 4.78 is 40.1. The van der Waals surface area contributed by atoms with Gasteiger partial charge in [0.15, 0.2) is 0 Å². The second-order valence-electron chi connectivity index (χ2n) is 16.2. The largest absolute Gasteiger partial charge is 0.497 e. The number of carbonyl (C=O) groups is 4. The van der Waals surface area contributed by atoms with Gasteiger partial charge in [-0.25, -0.2) is 18.2 Å². The third kappa shape index (κ3) is 7.95. The number of ether oxygens (including phenoxy) is 2. The minimum Gasteiger partial charge on any atom is -0.497 e.